The van der Waals surface area contributed by atoms with Crippen LogP contribution in [0.25, 0.3) is 16.7 Å². The summed E-state index contributed by atoms with van der Waals surface area (Å²) in [6.07, 6.45) is 0. The largest absolute Gasteiger partial charge is 0.295 e. The van der Waals surface area contributed by atoms with Gasteiger partial charge in [-0.3, -0.25) is 4.57 Å². The minimum Gasteiger partial charge on any atom is -0.295 e. The van der Waals surface area contributed by atoms with Crippen molar-refractivity contribution in [3.05, 3.63) is 55.7 Å². The average Bonchev–Trinajstić information content (AvgIpc) is 2.80. The summed E-state index contributed by atoms with van der Waals surface area (Å²) in [5.41, 5.74) is 2.48. The zero-order valence-corrected chi connectivity index (χ0v) is 15.0. The minimum atomic E-state index is 0.268. The molecule has 0 saturated carbocycles. The molecule has 0 radical (unpaired) electrons. The summed E-state index contributed by atoms with van der Waals surface area (Å²) in [5.74, 6) is 0.976. The van der Waals surface area contributed by atoms with Gasteiger partial charge in [0.25, 0.3) is 0 Å². The number of imidazole rings is 1. The van der Waals surface area contributed by atoms with Crippen molar-refractivity contribution < 1.29 is 0 Å². The van der Waals surface area contributed by atoms with Gasteiger partial charge in [-0.1, -0.05) is 34.8 Å². The number of hydrogen-bond acceptors (Lipinski definition) is 1. The summed E-state index contributed by atoms with van der Waals surface area (Å²) in [7, 11) is 0. The average molecular weight is 425 g/mol. The second-order valence-electron chi connectivity index (χ2n) is 4.35. The number of alkyl halides is 1. The van der Waals surface area contributed by atoms with Crippen molar-refractivity contribution in [2.45, 2.75) is 5.88 Å². The highest BCUT2D eigenvalue weighted by molar-refractivity contribution is 9.10. The Morgan fingerprint density at radius 1 is 1.00 bits per heavy atom. The molecule has 0 aliphatic heterocycles. The number of rotatable bonds is 2. The van der Waals surface area contributed by atoms with Gasteiger partial charge in [0.1, 0.15) is 5.82 Å². The van der Waals surface area contributed by atoms with E-state index in [4.69, 9.17) is 46.4 Å². The van der Waals surface area contributed by atoms with Gasteiger partial charge in [0.15, 0.2) is 0 Å². The van der Waals surface area contributed by atoms with Crippen LogP contribution in [-0.2, 0) is 5.88 Å². The van der Waals surface area contributed by atoms with Crippen LogP contribution in [0.4, 0.5) is 0 Å². The topological polar surface area (TPSA) is 17.8 Å². The van der Waals surface area contributed by atoms with E-state index in [1.165, 1.54) is 0 Å². The molecule has 0 amide bonds. The van der Waals surface area contributed by atoms with E-state index in [9.17, 15) is 0 Å². The van der Waals surface area contributed by atoms with Gasteiger partial charge in [-0.25, -0.2) is 4.98 Å². The first-order valence-corrected chi connectivity index (χ1v) is 8.35. The Morgan fingerprint density at radius 3 is 2.38 bits per heavy atom. The van der Waals surface area contributed by atoms with Crippen LogP contribution in [0.1, 0.15) is 5.82 Å². The molecule has 0 atom stereocenters. The van der Waals surface area contributed by atoms with E-state index in [2.05, 4.69) is 20.9 Å². The molecule has 0 aliphatic rings. The van der Waals surface area contributed by atoms with Crippen LogP contribution in [0.5, 0.6) is 0 Å². The molecule has 0 N–H and O–H groups in total. The van der Waals surface area contributed by atoms with Crippen LogP contribution < -0.4 is 0 Å². The first-order valence-electron chi connectivity index (χ1n) is 5.89. The van der Waals surface area contributed by atoms with Gasteiger partial charge in [0.2, 0.25) is 0 Å². The van der Waals surface area contributed by atoms with E-state index in [-0.39, 0.29) is 5.88 Å². The fourth-order valence-electron chi connectivity index (χ4n) is 2.12. The zero-order valence-electron chi connectivity index (χ0n) is 10.4. The normalized spacial score (nSPS) is 11.3. The lowest BCUT2D eigenvalue weighted by atomic mass is 10.2. The third-order valence-electron chi connectivity index (χ3n) is 3.05. The molecule has 3 rings (SSSR count). The van der Waals surface area contributed by atoms with Crippen LogP contribution in [0, 0.1) is 0 Å². The lowest BCUT2D eigenvalue weighted by Crippen LogP contribution is -1.99. The first-order chi connectivity index (χ1) is 10.0. The third kappa shape index (κ3) is 2.78. The maximum absolute atomic E-state index is 6.12. The fraction of sp³-hybridized carbons (Fsp3) is 0.0714. The van der Waals surface area contributed by atoms with Crippen molar-refractivity contribution in [3.63, 3.8) is 0 Å². The molecule has 1 aromatic heterocycles. The van der Waals surface area contributed by atoms with Crippen molar-refractivity contribution in [2.24, 2.45) is 0 Å². The van der Waals surface area contributed by atoms with Crippen molar-refractivity contribution in [1.29, 1.82) is 0 Å². The highest BCUT2D eigenvalue weighted by Crippen LogP contribution is 2.32. The molecular weight excluding hydrogens is 418 g/mol. The highest BCUT2D eigenvalue weighted by Gasteiger charge is 2.14. The monoisotopic (exact) mass is 422 g/mol. The first kappa shape index (κ1) is 15.4. The van der Waals surface area contributed by atoms with Gasteiger partial charge in [0, 0.05) is 10.2 Å². The lowest BCUT2D eigenvalue weighted by molar-refractivity contribution is 0.981. The van der Waals surface area contributed by atoms with Crippen LogP contribution in [0.2, 0.25) is 15.1 Å². The summed E-state index contributed by atoms with van der Waals surface area (Å²) in [6, 6.07) is 9.12. The molecule has 3 aromatic rings. The number of aromatic nitrogens is 2. The Bertz CT molecular complexity index is 845. The number of hydrogen-bond donors (Lipinski definition) is 0. The van der Waals surface area contributed by atoms with E-state index in [0.29, 0.717) is 20.9 Å². The summed E-state index contributed by atoms with van der Waals surface area (Å²) >= 11 is 27.6. The molecule has 1 heterocycles. The maximum Gasteiger partial charge on any atom is 0.129 e. The predicted molar refractivity (Wildman–Crippen MR) is 93.4 cm³/mol. The molecule has 7 heteroatoms. The van der Waals surface area contributed by atoms with Crippen molar-refractivity contribution >= 4 is 73.4 Å². The molecule has 0 spiro atoms. The number of benzene rings is 2. The standard InChI is InChI=1S/C14H7BrCl4N2/c15-8-3-7(1-2-9(8)17)21-13-5-11(19)10(18)4-12(13)20-14(21)6-16/h1-5H,6H2. The zero-order chi connectivity index (χ0) is 15.1. The molecule has 108 valence electrons. The molecule has 0 unspecified atom stereocenters. The molecule has 2 aromatic carbocycles. The molecule has 0 bridgehead atoms. The van der Waals surface area contributed by atoms with Gasteiger partial charge in [-0.05, 0) is 46.3 Å². The van der Waals surface area contributed by atoms with E-state index in [0.717, 1.165) is 21.2 Å². The summed E-state index contributed by atoms with van der Waals surface area (Å²) in [5, 5.41) is 1.57. The Hall–Kier alpha value is -0.450. The van der Waals surface area contributed by atoms with Gasteiger partial charge < -0.3 is 0 Å². The third-order valence-corrected chi connectivity index (χ3v) is 5.22. The molecule has 2 nitrogen and oxygen atoms in total. The van der Waals surface area contributed by atoms with Crippen LogP contribution in [0.3, 0.4) is 0 Å². The second kappa shape index (κ2) is 5.98. The van der Waals surface area contributed by atoms with Gasteiger partial charge in [-0.2, -0.15) is 0 Å². The molecular formula is C14H7BrCl4N2. The smallest absolute Gasteiger partial charge is 0.129 e. The fourth-order valence-corrected chi connectivity index (χ4v) is 3.10. The lowest BCUT2D eigenvalue weighted by Gasteiger charge is -2.09. The summed E-state index contributed by atoms with van der Waals surface area (Å²) in [6.45, 7) is 0. The van der Waals surface area contributed by atoms with Gasteiger partial charge >= 0.3 is 0 Å². The highest BCUT2D eigenvalue weighted by atomic mass is 79.9. The van der Waals surface area contributed by atoms with Crippen LogP contribution in [-0.4, -0.2) is 9.55 Å². The number of fused-ring (bicyclic) bond motifs is 1. The number of halogens is 5. The molecule has 0 saturated heterocycles. The minimum absolute atomic E-state index is 0.268. The summed E-state index contributed by atoms with van der Waals surface area (Å²) < 4.78 is 2.73. The molecule has 0 fully saturated rings. The predicted octanol–water partition coefficient (Wildman–Crippen LogP) is 6.49. The van der Waals surface area contributed by atoms with E-state index in [1.807, 2.05) is 22.8 Å². The SMILES string of the molecule is ClCc1nc2cc(Cl)c(Cl)cc2n1-c1ccc(Cl)c(Br)c1. The molecule has 0 aliphatic carbocycles. The van der Waals surface area contributed by atoms with E-state index >= 15 is 0 Å². The van der Waals surface area contributed by atoms with Crippen LogP contribution >= 0.6 is 62.3 Å². The van der Waals surface area contributed by atoms with Crippen LogP contribution in [0.15, 0.2) is 34.8 Å². The molecule has 21 heavy (non-hydrogen) atoms. The van der Waals surface area contributed by atoms with Gasteiger partial charge in [-0.15, -0.1) is 11.6 Å². The Balaban J connectivity index is 2.34. The quantitative estimate of drug-likeness (QED) is 0.430. The Morgan fingerprint density at radius 2 is 1.71 bits per heavy atom. The van der Waals surface area contributed by atoms with Gasteiger partial charge in [0.05, 0.1) is 32.0 Å². The van der Waals surface area contributed by atoms with E-state index < -0.39 is 0 Å². The van der Waals surface area contributed by atoms with Crippen molar-refractivity contribution in [2.75, 3.05) is 0 Å². The Labute approximate surface area is 149 Å². The van der Waals surface area contributed by atoms with Crippen molar-refractivity contribution in [1.82, 2.24) is 9.55 Å². The van der Waals surface area contributed by atoms with E-state index in [1.54, 1.807) is 12.1 Å². The van der Waals surface area contributed by atoms with Crippen molar-refractivity contribution in [3.8, 4) is 5.69 Å². The second-order valence-corrected chi connectivity index (χ2v) is 6.69. The summed E-state index contributed by atoms with van der Waals surface area (Å²) in [4.78, 5) is 4.50. The Kier molecular flexibility index (Phi) is 4.40. The maximum atomic E-state index is 6.12. The number of nitrogens with zero attached hydrogens (tertiary/aromatic N) is 2.